The van der Waals surface area contributed by atoms with E-state index in [1.54, 1.807) is 12.1 Å². The van der Waals surface area contributed by atoms with Crippen LogP contribution >= 0.6 is 23.2 Å². The number of aromatic nitrogens is 3. The van der Waals surface area contributed by atoms with Crippen molar-refractivity contribution in [3.05, 3.63) is 28.2 Å². The number of benzene rings is 1. The Hall–Kier alpha value is -1.30. The summed E-state index contributed by atoms with van der Waals surface area (Å²) < 4.78 is 0. The van der Waals surface area contributed by atoms with Crippen LogP contribution in [0.4, 0.5) is 5.95 Å². The zero-order valence-electron chi connectivity index (χ0n) is 10.1. The average Bonchev–Trinajstić information content (AvgIpc) is 3.01. The van der Waals surface area contributed by atoms with Gasteiger partial charge >= 0.3 is 0 Å². The van der Waals surface area contributed by atoms with Gasteiger partial charge in [0.15, 0.2) is 5.82 Å². The van der Waals surface area contributed by atoms with E-state index in [4.69, 9.17) is 28.9 Å². The highest BCUT2D eigenvalue weighted by molar-refractivity contribution is 6.42. The van der Waals surface area contributed by atoms with E-state index in [-0.39, 0.29) is 6.04 Å². The highest BCUT2D eigenvalue weighted by atomic mass is 35.5. The quantitative estimate of drug-likeness (QED) is 0.892. The number of nitrogens with two attached hydrogens (primary N) is 1. The maximum atomic E-state index is 6.00. The van der Waals surface area contributed by atoms with Gasteiger partial charge in [0.2, 0.25) is 5.95 Å². The lowest BCUT2D eigenvalue weighted by Crippen LogP contribution is -2.26. The number of aromatic amines is 1. The van der Waals surface area contributed by atoms with Crippen molar-refractivity contribution in [3.63, 3.8) is 0 Å². The molecule has 1 fully saturated rings. The first-order valence-corrected chi connectivity index (χ1v) is 6.77. The SMILES string of the molecule is NC1CCN(c2n[nH]c(-c3ccc(Cl)c(Cl)c3)n2)C1. The van der Waals surface area contributed by atoms with Crippen molar-refractivity contribution in [2.75, 3.05) is 18.0 Å². The fourth-order valence-corrected chi connectivity index (χ4v) is 2.43. The van der Waals surface area contributed by atoms with Crippen LogP contribution in [-0.4, -0.2) is 34.3 Å². The topological polar surface area (TPSA) is 70.8 Å². The van der Waals surface area contributed by atoms with Crippen molar-refractivity contribution in [1.29, 1.82) is 0 Å². The lowest BCUT2D eigenvalue weighted by atomic mass is 10.2. The molecule has 100 valence electrons. The van der Waals surface area contributed by atoms with E-state index in [0.717, 1.165) is 25.1 Å². The van der Waals surface area contributed by atoms with Crippen LogP contribution in [0.15, 0.2) is 18.2 Å². The van der Waals surface area contributed by atoms with Gasteiger partial charge in [-0.05, 0) is 24.6 Å². The van der Waals surface area contributed by atoms with Gasteiger partial charge in [-0.1, -0.05) is 23.2 Å². The Morgan fingerprint density at radius 2 is 2.16 bits per heavy atom. The number of hydrogen-bond acceptors (Lipinski definition) is 4. The van der Waals surface area contributed by atoms with Gasteiger partial charge in [-0.25, -0.2) is 0 Å². The highest BCUT2D eigenvalue weighted by Gasteiger charge is 2.22. The van der Waals surface area contributed by atoms with Crippen LogP contribution in [0.2, 0.25) is 10.0 Å². The smallest absolute Gasteiger partial charge is 0.245 e. The molecule has 1 aromatic carbocycles. The van der Waals surface area contributed by atoms with E-state index in [1.807, 2.05) is 6.07 Å². The summed E-state index contributed by atoms with van der Waals surface area (Å²) in [6.45, 7) is 1.68. The van der Waals surface area contributed by atoms with Crippen LogP contribution in [0.1, 0.15) is 6.42 Å². The predicted octanol–water partition coefficient (Wildman–Crippen LogP) is 2.32. The van der Waals surface area contributed by atoms with E-state index in [2.05, 4.69) is 20.1 Å². The molecular weight excluding hydrogens is 285 g/mol. The lowest BCUT2D eigenvalue weighted by molar-refractivity contribution is 0.750. The molecule has 0 amide bonds. The normalized spacial score (nSPS) is 19.1. The van der Waals surface area contributed by atoms with Crippen molar-refractivity contribution in [2.24, 2.45) is 5.73 Å². The first kappa shape index (κ1) is 12.7. The molecule has 7 heteroatoms. The van der Waals surface area contributed by atoms with Gasteiger partial charge in [-0.2, -0.15) is 4.98 Å². The monoisotopic (exact) mass is 297 g/mol. The minimum Gasteiger partial charge on any atom is -0.338 e. The van der Waals surface area contributed by atoms with Gasteiger partial charge in [0, 0.05) is 24.7 Å². The van der Waals surface area contributed by atoms with Crippen LogP contribution < -0.4 is 10.6 Å². The van der Waals surface area contributed by atoms with Gasteiger partial charge in [-0.3, -0.25) is 5.10 Å². The molecule has 2 heterocycles. The zero-order valence-corrected chi connectivity index (χ0v) is 11.6. The minimum absolute atomic E-state index is 0.201. The molecule has 0 aliphatic carbocycles. The summed E-state index contributed by atoms with van der Waals surface area (Å²) in [5.41, 5.74) is 6.74. The molecule has 3 N–H and O–H groups in total. The Labute approximate surface area is 120 Å². The summed E-state index contributed by atoms with van der Waals surface area (Å²) in [5, 5.41) is 8.16. The second kappa shape index (κ2) is 5.00. The van der Waals surface area contributed by atoms with Crippen molar-refractivity contribution in [2.45, 2.75) is 12.5 Å². The number of halogens is 2. The first-order chi connectivity index (χ1) is 9.13. The molecule has 5 nitrogen and oxygen atoms in total. The van der Waals surface area contributed by atoms with E-state index < -0.39 is 0 Å². The third kappa shape index (κ3) is 2.54. The molecule has 19 heavy (non-hydrogen) atoms. The zero-order chi connectivity index (χ0) is 13.4. The average molecular weight is 298 g/mol. The summed E-state index contributed by atoms with van der Waals surface area (Å²) in [7, 11) is 0. The molecule has 1 aromatic heterocycles. The largest absolute Gasteiger partial charge is 0.338 e. The maximum absolute atomic E-state index is 6.00. The first-order valence-electron chi connectivity index (χ1n) is 6.02. The summed E-state index contributed by atoms with van der Waals surface area (Å²) in [5.74, 6) is 1.35. The van der Waals surface area contributed by atoms with Gasteiger partial charge in [-0.15, -0.1) is 5.10 Å². The van der Waals surface area contributed by atoms with Crippen molar-refractivity contribution in [1.82, 2.24) is 15.2 Å². The summed E-state index contributed by atoms with van der Waals surface area (Å²) in [4.78, 5) is 6.54. The fourth-order valence-electron chi connectivity index (χ4n) is 2.14. The van der Waals surface area contributed by atoms with Crippen molar-refractivity contribution in [3.8, 4) is 11.4 Å². The molecule has 1 unspecified atom stereocenters. The number of nitrogens with zero attached hydrogens (tertiary/aromatic N) is 3. The lowest BCUT2D eigenvalue weighted by Gasteiger charge is -2.11. The van der Waals surface area contributed by atoms with Crippen LogP contribution in [0.5, 0.6) is 0 Å². The molecule has 1 aliphatic rings. The Bertz CT molecular complexity index is 598. The standard InChI is InChI=1S/C12H13Cl2N5/c13-9-2-1-7(5-10(9)14)11-16-12(18-17-11)19-4-3-8(15)6-19/h1-2,5,8H,3-4,6,15H2,(H,16,17,18). The molecule has 0 radical (unpaired) electrons. The van der Waals surface area contributed by atoms with Gasteiger partial charge in [0.25, 0.3) is 0 Å². The minimum atomic E-state index is 0.201. The summed E-state index contributed by atoms with van der Waals surface area (Å²) >= 11 is 11.9. The van der Waals surface area contributed by atoms with Gasteiger partial charge < -0.3 is 10.6 Å². The molecule has 2 aromatic rings. The number of rotatable bonds is 2. The second-order valence-electron chi connectivity index (χ2n) is 4.61. The second-order valence-corrected chi connectivity index (χ2v) is 5.42. The molecular formula is C12H13Cl2N5. The van der Waals surface area contributed by atoms with E-state index in [9.17, 15) is 0 Å². The molecule has 1 atom stereocenters. The predicted molar refractivity (Wildman–Crippen MR) is 76.6 cm³/mol. The third-order valence-corrected chi connectivity index (χ3v) is 3.91. The number of nitrogens with one attached hydrogen (secondary N) is 1. The maximum Gasteiger partial charge on any atom is 0.245 e. The molecule has 1 saturated heterocycles. The van der Waals surface area contributed by atoms with Crippen molar-refractivity contribution >= 4 is 29.2 Å². The van der Waals surface area contributed by atoms with Crippen molar-refractivity contribution < 1.29 is 0 Å². The Morgan fingerprint density at radius 3 is 2.84 bits per heavy atom. The molecule has 0 spiro atoms. The Kier molecular flexibility index (Phi) is 3.35. The third-order valence-electron chi connectivity index (χ3n) is 3.17. The van der Waals surface area contributed by atoms with Crippen LogP contribution in [-0.2, 0) is 0 Å². The van der Waals surface area contributed by atoms with Gasteiger partial charge in [0.1, 0.15) is 0 Å². The van der Waals surface area contributed by atoms with E-state index in [1.165, 1.54) is 0 Å². The van der Waals surface area contributed by atoms with Crippen LogP contribution in [0.3, 0.4) is 0 Å². The van der Waals surface area contributed by atoms with Crippen LogP contribution in [0, 0.1) is 0 Å². The molecule has 3 rings (SSSR count). The van der Waals surface area contributed by atoms with E-state index >= 15 is 0 Å². The fraction of sp³-hybridized carbons (Fsp3) is 0.333. The van der Waals surface area contributed by atoms with Gasteiger partial charge in [0.05, 0.1) is 10.0 Å². The number of hydrogen-bond donors (Lipinski definition) is 2. The molecule has 0 saturated carbocycles. The van der Waals surface area contributed by atoms with E-state index in [0.29, 0.717) is 21.8 Å². The Balaban J connectivity index is 1.86. The number of H-pyrrole nitrogens is 1. The Morgan fingerprint density at radius 1 is 1.32 bits per heavy atom. The summed E-state index contributed by atoms with van der Waals surface area (Å²) in [6.07, 6.45) is 0.969. The molecule has 1 aliphatic heterocycles. The number of anilines is 1. The molecule has 0 bridgehead atoms. The summed E-state index contributed by atoms with van der Waals surface area (Å²) in [6, 6.07) is 5.57. The highest BCUT2D eigenvalue weighted by Crippen LogP contribution is 2.27. The van der Waals surface area contributed by atoms with Crippen LogP contribution in [0.25, 0.3) is 11.4 Å².